The molecule has 26 heavy (non-hydrogen) atoms. The minimum atomic E-state index is -0.476. The van der Waals surface area contributed by atoms with E-state index in [0.29, 0.717) is 31.7 Å². The van der Waals surface area contributed by atoms with Crippen molar-refractivity contribution >= 4 is 34.8 Å². The Morgan fingerprint density at radius 2 is 1.62 bits per heavy atom. The van der Waals surface area contributed by atoms with Gasteiger partial charge in [0.05, 0.1) is 5.69 Å². The molecule has 0 aliphatic heterocycles. The van der Waals surface area contributed by atoms with Gasteiger partial charge in [-0.25, -0.2) is 9.37 Å². The predicted molar refractivity (Wildman–Crippen MR) is 98.6 cm³/mol. The van der Waals surface area contributed by atoms with Gasteiger partial charge < -0.3 is 0 Å². The lowest BCUT2D eigenvalue weighted by molar-refractivity contribution is 0.0848. The van der Waals surface area contributed by atoms with Crippen LogP contribution in [0.4, 0.5) is 4.39 Å². The van der Waals surface area contributed by atoms with Crippen LogP contribution < -0.4 is 10.9 Å². The lowest BCUT2D eigenvalue weighted by Crippen LogP contribution is -2.41. The van der Waals surface area contributed by atoms with Gasteiger partial charge in [0.15, 0.2) is 0 Å². The maximum absolute atomic E-state index is 13.0. The number of hydrazine groups is 1. The largest absolute Gasteiger partial charge is 0.281 e. The Morgan fingerprint density at radius 1 is 1.00 bits per heavy atom. The average Bonchev–Trinajstić information content (AvgIpc) is 3.02. The van der Waals surface area contributed by atoms with E-state index in [4.69, 9.17) is 11.6 Å². The fourth-order valence-electron chi connectivity index (χ4n) is 2.17. The lowest BCUT2D eigenvalue weighted by atomic mass is 10.2. The van der Waals surface area contributed by atoms with Crippen LogP contribution in [-0.4, -0.2) is 16.8 Å². The molecule has 0 aliphatic carbocycles. The summed E-state index contributed by atoms with van der Waals surface area (Å²) in [7, 11) is 0. The Bertz CT molecular complexity index is 956. The van der Waals surface area contributed by atoms with Gasteiger partial charge in [-0.15, -0.1) is 11.3 Å². The summed E-state index contributed by atoms with van der Waals surface area (Å²) in [5, 5.41) is 1.11. The molecule has 5 nitrogen and oxygen atoms in total. The van der Waals surface area contributed by atoms with Gasteiger partial charge in [-0.3, -0.25) is 20.4 Å². The van der Waals surface area contributed by atoms with Gasteiger partial charge in [-0.2, -0.15) is 0 Å². The van der Waals surface area contributed by atoms with Gasteiger partial charge in [-0.05, 0) is 55.5 Å². The lowest BCUT2D eigenvalue weighted by Gasteiger charge is -2.06. The van der Waals surface area contributed by atoms with E-state index in [1.165, 1.54) is 12.1 Å². The number of nitrogens with zero attached hydrogens (tertiary/aromatic N) is 1. The number of thiazole rings is 1. The highest BCUT2D eigenvalue weighted by Crippen LogP contribution is 2.27. The van der Waals surface area contributed by atoms with Crippen LogP contribution >= 0.6 is 22.9 Å². The van der Waals surface area contributed by atoms with Crippen LogP contribution in [-0.2, 0) is 0 Å². The fraction of sp³-hybridized carbons (Fsp3) is 0.0556. The summed E-state index contributed by atoms with van der Waals surface area (Å²) in [5.41, 5.74) is 6.31. The highest BCUT2D eigenvalue weighted by Gasteiger charge is 2.17. The molecule has 3 rings (SSSR count). The van der Waals surface area contributed by atoms with E-state index >= 15 is 0 Å². The topological polar surface area (TPSA) is 71.1 Å². The zero-order valence-electron chi connectivity index (χ0n) is 13.5. The molecule has 0 radical (unpaired) electrons. The van der Waals surface area contributed by atoms with Gasteiger partial charge >= 0.3 is 0 Å². The van der Waals surface area contributed by atoms with Gasteiger partial charge in [0.25, 0.3) is 11.8 Å². The molecule has 0 fully saturated rings. The van der Waals surface area contributed by atoms with Crippen LogP contribution in [0.15, 0.2) is 48.5 Å². The Balaban J connectivity index is 1.69. The molecular weight excluding hydrogens is 377 g/mol. The van der Waals surface area contributed by atoms with Gasteiger partial charge in [-0.1, -0.05) is 11.6 Å². The van der Waals surface area contributed by atoms with Crippen LogP contribution in [0.2, 0.25) is 5.02 Å². The first-order valence-electron chi connectivity index (χ1n) is 7.53. The number of aromatic nitrogens is 1. The van der Waals surface area contributed by atoms with Crippen LogP contribution in [0.1, 0.15) is 25.7 Å². The summed E-state index contributed by atoms with van der Waals surface area (Å²) in [4.78, 5) is 29.0. The van der Waals surface area contributed by atoms with Gasteiger partial charge in [0, 0.05) is 16.1 Å². The summed E-state index contributed by atoms with van der Waals surface area (Å²) in [6.45, 7) is 1.69. The van der Waals surface area contributed by atoms with Crippen molar-refractivity contribution in [3.63, 3.8) is 0 Å². The number of carbonyl (C=O) groups is 2. The van der Waals surface area contributed by atoms with Crippen molar-refractivity contribution in [1.82, 2.24) is 15.8 Å². The molecule has 8 heteroatoms. The van der Waals surface area contributed by atoms with E-state index in [0.717, 1.165) is 11.3 Å². The van der Waals surface area contributed by atoms with Crippen molar-refractivity contribution in [3.05, 3.63) is 75.5 Å². The molecular formula is C18H13ClFN3O2S. The van der Waals surface area contributed by atoms with E-state index in [1.807, 2.05) is 0 Å². The zero-order valence-corrected chi connectivity index (χ0v) is 15.1. The first-order valence-corrected chi connectivity index (χ1v) is 8.73. The zero-order chi connectivity index (χ0) is 18.7. The third-order valence-electron chi connectivity index (χ3n) is 3.49. The third-order valence-corrected chi connectivity index (χ3v) is 4.95. The van der Waals surface area contributed by atoms with Gasteiger partial charge in [0.1, 0.15) is 15.7 Å². The predicted octanol–water partition coefficient (Wildman–Crippen LogP) is 3.99. The normalized spacial score (nSPS) is 10.4. The minimum Gasteiger partial charge on any atom is -0.267 e. The first-order chi connectivity index (χ1) is 12.4. The standard InChI is InChI=1S/C18H13ClFN3O2S/c1-10-15(26-18(21-10)12-4-8-14(20)9-5-12)17(25)23-22-16(24)11-2-6-13(19)7-3-11/h2-9H,1H3,(H,22,24)(H,23,25). The van der Waals surface area contributed by atoms with Crippen molar-refractivity contribution in [2.75, 3.05) is 0 Å². The number of amides is 2. The van der Waals surface area contributed by atoms with Crippen molar-refractivity contribution in [2.45, 2.75) is 6.92 Å². The molecule has 1 aromatic heterocycles. The van der Waals surface area contributed by atoms with E-state index in [1.54, 1.807) is 43.3 Å². The number of halogens is 2. The molecule has 1 heterocycles. The Morgan fingerprint density at radius 3 is 2.27 bits per heavy atom. The summed E-state index contributed by atoms with van der Waals surface area (Å²) in [6, 6.07) is 12.1. The first kappa shape index (κ1) is 18.0. The Kier molecular flexibility index (Phi) is 5.29. The number of hydrogen-bond acceptors (Lipinski definition) is 4. The molecule has 0 spiro atoms. The van der Waals surface area contributed by atoms with Crippen molar-refractivity contribution in [3.8, 4) is 10.6 Å². The molecule has 2 amide bonds. The second-order valence-electron chi connectivity index (χ2n) is 5.36. The molecule has 0 saturated heterocycles. The third kappa shape index (κ3) is 4.07. The fourth-order valence-corrected chi connectivity index (χ4v) is 3.26. The number of benzene rings is 2. The Hall–Kier alpha value is -2.77. The van der Waals surface area contributed by atoms with Crippen molar-refractivity contribution in [1.29, 1.82) is 0 Å². The van der Waals surface area contributed by atoms with Gasteiger partial charge in [0.2, 0.25) is 0 Å². The maximum atomic E-state index is 13.0. The molecule has 132 valence electrons. The Labute approximate surface area is 157 Å². The number of hydrogen-bond donors (Lipinski definition) is 2. The minimum absolute atomic E-state index is 0.343. The van der Waals surface area contributed by atoms with Crippen LogP contribution in [0.25, 0.3) is 10.6 Å². The summed E-state index contributed by atoms with van der Waals surface area (Å²) in [5.74, 6) is -1.28. The molecule has 2 aromatic carbocycles. The molecule has 3 aromatic rings. The molecule has 0 aliphatic rings. The second-order valence-corrected chi connectivity index (χ2v) is 6.79. The summed E-state index contributed by atoms with van der Waals surface area (Å²) >= 11 is 6.94. The molecule has 0 atom stereocenters. The molecule has 0 unspecified atom stereocenters. The van der Waals surface area contributed by atoms with E-state index in [2.05, 4.69) is 15.8 Å². The number of aryl methyl sites for hydroxylation is 1. The number of rotatable bonds is 3. The summed E-state index contributed by atoms with van der Waals surface area (Å²) in [6.07, 6.45) is 0. The smallest absolute Gasteiger partial charge is 0.267 e. The quantitative estimate of drug-likeness (QED) is 0.665. The number of nitrogens with one attached hydrogen (secondary N) is 2. The highest BCUT2D eigenvalue weighted by atomic mass is 35.5. The van der Waals surface area contributed by atoms with Crippen LogP contribution in [0.3, 0.4) is 0 Å². The maximum Gasteiger partial charge on any atom is 0.281 e. The highest BCUT2D eigenvalue weighted by molar-refractivity contribution is 7.17. The van der Waals surface area contributed by atoms with E-state index in [-0.39, 0.29) is 5.82 Å². The molecule has 2 N–H and O–H groups in total. The summed E-state index contributed by atoms with van der Waals surface area (Å²) < 4.78 is 13.0. The average molecular weight is 390 g/mol. The van der Waals surface area contributed by atoms with Crippen LogP contribution in [0, 0.1) is 12.7 Å². The monoisotopic (exact) mass is 389 g/mol. The SMILES string of the molecule is Cc1nc(-c2ccc(F)cc2)sc1C(=O)NNC(=O)c1ccc(Cl)cc1. The second kappa shape index (κ2) is 7.63. The molecule has 0 bridgehead atoms. The van der Waals surface area contributed by atoms with Crippen molar-refractivity contribution in [2.24, 2.45) is 0 Å². The van der Waals surface area contributed by atoms with Crippen LogP contribution in [0.5, 0.6) is 0 Å². The van der Waals surface area contributed by atoms with Crippen molar-refractivity contribution < 1.29 is 14.0 Å². The molecule has 0 saturated carbocycles. The van der Waals surface area contributed by atoms with E-state index < -0.39 is 11.8 Å². The number of carbonyl (C=O) groups excluding carboxylic acids is 2. The van der Waals surface area contributed by atoms with E-state index in [9.17, 15) is 14.0 Å².